The average molecular weight is 632 g/mol. The van der Waals surface area contributed by atoms with Crippen LogP contribution in [0.4, 0.5) is 0 Å². The Bertz CT molecular complexity index is 1230. The smallest absolute Gasteiger partial charge is 0.323 e. The van der Waals surface area contributed by atoms with Crippen LogP contribution < -0.4 is 17.2 Å². The van der Waals surface area contributed by atoms with E-state index in [1.807, 2.05) is 0 Å². The first-order valence-corrected chi connectivity index (χ1v) is 15.5. The van der Waals surface area contributed by atoms with Crippen molar-refractivity contribution in [1.82, 2.24) is 4.98 Å². The Kier molecular flexibility index (Phi) is 12.8. The van der Waals surface area contributed by atoms with Gasteiger partial charge in [0.2, 0.25) is 0 Å². The zero-order chi connectivity index (χ0) is 33.3. The fraction of sp³-hybridized carbons (Fsp3) is 0.677. The topological polar surface area (TPSA) is 231 Å². The average Bonchev–Trinajstić information content (AvgIpc) is 3.61. The highest BCUT2D eigenvalue weighted by molar-refractivity contribution is 5.99. The molecule has 1 aromatic rings. The zero-order valence-electron chi connectivity index (χ0n) is 26.7. The van der Waals surface area contributed by atoms with E-state index in [1.54, 1.807) is 39.8 Å². The number of amidine groups is 1. The van der Waals surface area contributed by atoms with Crippen LogP contribution in [0, 0.1) is 23.2 Å². The number of esters is 3. The molecule has 14 nitrogen and oxygen atoms in total. The predicted molar refractivity (Wildman–Crippen MR) is 169 cm³/mol. The number of nitrogens with two attached hydrogens (primary N) is 3. The molecular formula is C31H49N7O7. The first-order valence-electron chi connectivity index (χ1n) is 15.5. The van der Waals surface area contributed by atoms with Crippen molar-refractivity contribution in [2.75, 3.05) is 13.2 Å². The van der Waals surface area contributed by atoms with Gasteiger partial charge in [0.1, 0.15) is 37.0 Å². The zero-order valence-corrected chi connectivity index (χ0v) is 26.7. The van der Waals surface area contributed by atoms with Crippen molar-refractivity contribution in [3.63, 3.8) is 0 Å². The summed E-state index contributed by atoms with van der Waals surface area (Å²) in [4.78, 5) is 50.5. The number of nitrogens with zero attached hydrogens (tertiary/aromatic N) is 2. The van der Waals surface area contributed by atoms with Crippen molar-refractivity contribution >= 4 is 36.8 Å². The van der Waals surface area contributed by atoms with E-state index in [0.717, 1.165) is 38.4 Å². The van der Waals surface area contributed by atoms with Crippen molar-refractivity contribution in [3.8, 4) is 0 Å². The van der Waals surface area contributed by atoms with Crippen LogP contribution in [0.15, 0.2) is 22.1 Å². The van der Waals surface area contributed by atoms with Crippen LogP contribution in [0.3, 0.4) is 0 Å². The molecule has 0 spiro atoms. The molecule has 8 N–H and O–H groups in total. The molecule has 0 aromatic carbocycles. The number of rotatable bonds is 15. The highest BCUT2D eigenvalue weighted by atomic mass is 16.7. The second kappa shape index (κ2) is 16.1. The summed E-state index contributed by atoms with van der Waals surface area (Å²) < 4.78 is 24.3. The minimum absolute atomic E-state index is 0.0189. The summed E-state index contributed by atoms with van der Waals surface area (Å²) in [5, 5.41) is 7.26. The Morgan fingerprint density at radius 3 is 2.29 bits per heavy atom. The molecule has 2 aliphatic rings. The van der Waals surface area contributed by atoms with Crippen molar-refractivity contribution in [2.45, 2.75) is 102 Å². The van der Waals surface area contributed by atoms with Gasteiger partial charge in [0.15, 0.2) is 17.8 Å². The maximum absolute atomic E-state index is 13.4. The molecule has 0 unspecified atom stereocenters. The van der Waals surface area contributed by atoms with Gasteiger partial charge in [0.05, 0.1) is 17.9 Å². The monoisotopic (exact) mass is 631 g/mol. The number of nitrogens with one attached hydrogen (secondary N) is 2. The number of carbonyl (C=O) groups is 3. The van der Waals surface area contributed by atoms with E-state index in [4.69, 9.17) is 41.6 Å². The van der Waals surface area contributed by atoms with E-state index in [-0.39, 0.29) is 43.2 Å². The Balaban J connectivity index is 2.06. The molecule has 1 aromatic heterocycles. The molecule has 3 rings (SSSR count). The number of H-pyrrole nitrogens is 1. The highest BCUT2D eigenvalue weighted by Gasteiger charge is 2.61. The van der Waals surface area contributed by atoms with Gasteiger partial charge in [-0.05, 0) is 49.4 Å². The SMILES string of the molecule is C=NC[C@@]1(c2ccc(/C(N)=N\C=N)[nH]2)O[C@H](COC(=O)CC2CCCCC2)[C@@H](OC(=O)[C@@H](N)C(C)C)[C@H]1OC(=O)[C@@H](N)C(C)C. The molecule has 0 amide bonds. The third-order valence-corrected chi connectivity index (χ3v) is 8.52. The Morgan fingerprint density at radius 2 is 1.71 bits per heavy atom. The Hall–Kier alpha value is -3.62. The minimum atomic E-state index is -1.61. The number of aliphatic imine (C=N–C) groups is 2. The lowest BCUT2D eigenvalue weighted by Crippen LogP contribution is -2.52. The van der Waals surface area contributed by atoms with Crippen molar-refractivity contribution in [3.05, 3.63) is 23.5 Å². The van der Waals surface area contributed by atoms with Gasteiger partial charge in [-0.2, -0.15) is 0 Å². The largest absolute Gasteiger partial charge is 0.463 e. The first kappa shape index (κ1) is 35.9. The second-order valence-corrected chi connectivity index (χ2v) is 12.5. The molecule has 1 saturated carbocycles. The third-order valence-electron chi connectivity index (χ3n) is 8.52. The van der Waals surface area contributed by atoms with Crippen molar-refractivity contribution < 1.29 is 33.3 Å². The highest BCUT2D eigenvalue weighted by Crippen LogP contribution is 2.44. The van der Waals surface area contributed by atoms with Crippen LogP contribution >= 0.6 is 0 Å². The van der Waals surface area contributed by atoms with Gasteiger partial charge in [0, 0.05) is 6.42 Å². The first-order chi connectivity index (χ1) is 21.3. The summed E-state index contributed by atoms with van der Waals surface area (Å²) in [7, 11) is 0. The van der Waals surface area contributed by atoms with E-state index in [2.05, 4.69) is 21.7 Å². The summed E-state index contributed by atoms with van der Waals surface area (Å²) >= 11 is 0. The summed E-state index contributed by atoms with van der Waals surface area (Å²) in [5.74, 6) is -2.17. The summed E-state index contributed by atoms with van der Waals surface area (Å²) in [6, 6.07) is 1.25. The van der Waals surface area contributed by atoms with Gasteiger partial charge in [-0.1, -0.05) is 47.0 Å². The predicted octanol–water partition coefficient (Wildman–Crippen LogP) is 1.93. The number of carbonyl (C=O) groups excluding carboxylic acids is 3. The normalized spacial score (nSPS) is 25.5. The Labute approximate surface area is 264 Å². The molecule has 45 heavy (non-hydrogen) atoms. The fourth-order valence-corrected chi connectivity index (χ4v) is 5.64. The molecule has 1 aliphatic carbocycles. The molecule has 6 atom stereocenters. The third kappa shape index (κ3) is 8.76. The van der Waals surface area contributed by atoms with Gasteiger partial charge in [-0.3, -0.25) is 24.8 Å². The lowest BCUT2D eigenvalue weighted by Gasteiger charge is -2.34. The van der Waals surface area contributed by atoms with E-state index < -0.39 is 53.9 Å². The number of hydrogen-bond donors (Lipinski definition) is 5. The molecule has 1 aliphatic heterocycles. The standard InChI is InChI=1S/C31H49N7O7/c1-17(2)24(33)29(40)43-26-21(14-42-23(39)13-19-9-7-6-8-10-19)45-31(15-36-5,27(26)44-30(41)25(34)18(3)4)22-12-11-20(38-22)28(35)37-16-32/h11-12,16-19,21,24-27,38H,5-10,13-15,33-34H2,1-4H3,(H3,32,35,37)/t21-,24+,25+,26-,27-,31+/m1/s1. The lowest BCUT2D eigenvalue weighted by atomic mass is 9.87. The van der Waals surface area contributed by atoms with Gasteiger partial charge in [-0.15, -0.1) is 0 Å². The number of aromatic amines is 1. The summed E-state index contributed by atoms with van der Waals surface area (Å²) in [6.07, 6.45) is 2.63. The summed E-state index contributed by atoms with van der Waals surface area (Å²) in [5.41, 5.74) is 17.4. The minimum Gasteiger partial charge on any atom is -0.463 e. The van der Waals surface area contributed by atoms with Crippen LogP contribution in [0.25, 0.3) is 0 Å². The molecular weight excluding hydrogens is 582 g/mol. The van der Waals surface area contributed by atoms with Gasteiger partial charge in [-0.25, -0.2) is 4.99 Å². The molecule has 1 saturated heterocycles. The summed E-state index contributed by atoms with van der Waals surface area (Å²) in [6.45, 7) is 10.3. The van der Waals surface area contributed by atoms with E-state index >= 15 is 0 Å². The molecule has 14 heteroatoms. The van der Waals surface area contributed by atoms with Crippen molar-refractivity contribution in [1.29, 1.82) is 5.41 Å². The van der Waals surface area contributed by atoms with E-state index in [9.17, 15) is 14.4 Å². The van der Waals surface area contributed by atoms with Crippen molar-refractivity contribution in [2.24, 2.45) is 44.9 Å². The maximum atomic E-state index is 13.4. The molecule has 2 heterocycles. The van der Waals surface area contributed by atoms with Gasteiger partial charge < -0.3 is 41.1 Å². The molecule has 2 fully saturated rings. The molecule has 0 radical (unpaired) electrons. The van der Waals surface area contributed by atoms with Crippen LogP contribution in [0.2, 0.25) is 0 Å². The van der Waals surface area contributed by atoms with E-state index in [1.165, 1.54) is 0 Å². The van der Waals surface area contributed by atoms with Crippen LogP contribution in [-0.4, -0.2) is 85.3 Å². The van der Waals surface area contributed by atoms with E-state index in [0.29, 0.717) is 11.4 Å². The maximum Gasteiger partial charge on any atom is 0.323 e. The van der Waals surface area contributed by atoms with Gasteiger partial charge in [0.25, 0.3) is 0 Å². The fourth-order valence-electron chi connectivity index (χ4n) is 5.64. The lowest BCUT2D eigenvalue weighted by molar-refractivity contribution is -0.174. The molecule has 250 valence electrons. The van der Waals surface area contributed by atoms with Crippen LogP contribution in [0.5, 0.6) is 0 Å². The van der Waals surface area contributed by atoms with Crippen LogP contribution in [0.1, 0.15) is 77.6 Å². The van der Waals surface area contributed by atoms with Gasteiger partial charge >= 0.3 is 17.9 Å². The number of ether oxygens (including phenoxy) is 4. The quantitative estimate of drug-likeness (QED) is 0.0817. The second-order valence-electron chi connectivity index (χ2n) is 12.5. The van der Waals surface area contributed by atoms with Crippen LogP contribution in [-0.2, 0) is 38.9 Å². The molecule has 0 bridgehead atoms. The number of aromatic nitrogens is 1. The Morgan fingerprint density at radius 1 is 1.09 bits per heavy atom. The number of hydrogen-bond acceptors (Lipinski definition) is 11.